The smallest absolute Gasteiger partial charge is 0.187 e. The third-order valence-electron chi connectivity index (χ3n) is 23.7. The first-order valence-electron chi connectivity index (χ1n) is 32.1. The fourth-order valence-corrected chi connectivity index (χ4v) is 17.7. The fourth-order valence-electron chi connectivity index (χ4n) is 17.7. The molecule has 0 aromatic rings. The zero-order valence-electron chi connectivity index (χ0n) is 52.4. The Balaban J connectivity index is 0.872. The van der Waals surface area contributed by atoms with E-state index in [1.165, 1.54) is 5.57 Å². The van der Waals surface area contributed by atoms with Crippen LogP contribution in [-0.2, 0) is 42.6 Å². The first kappa shape index (κ1) is 71.0. The van der Waals surface area contributed by atoms with Crippen molar-refractivity contribution in [2.75, 3.05) is 33.0 Å². The lowest BCUT2D eigenvalue weighted by Gasteiger charge is -2.66. The van der Waals surface area contributed by atoms with Crippen molar-refractivity contribution in [3.05, 3.63) is 11.6 Å². The molecule has 8 fully saturated rings. The maximum atomic E-state index is 11.9. The summed E-state index contributed by atoms with van der Waals surface area (Å²) in [6.45, 7) is 15.5. The Hall–Kier alpha value is -1.30. The van der Waals surface area contributed by atoms with Crippen molar-refractivity contribution in [1.82, 2.24) is 0 Å². The molecule has 4 heterocycles. The van der Waals surface area contributed by atoms with Crippen molar-refractivity contribution >= 4 is 0 Å². The van der Waals surface area contributed by atoms with Gasteiger partial charge in [0.15, 0.2) is 25.2 Å². The molecule has 510 valence electrons. The third-order valence-corrected chi connectivity index (χ3v) is 23.7. The van der Waals surface area contributed by atoms with E-state index < -0.39 is 209 Å². The second-order valence-corrected chi connectivity index (χ2v) is 29.5. The van der Waals surface area contributed by atoms with Crippen LogP contribution in [0.5, 0.6) is 0 Å². The second-order valence-electron chi connectivity index (χ2n) is 29.5. The van der Waals surface area contributed by atoms with Gasteiger partial charge in [-0.15, -0.1) is 0 Å². The number of hydrogen-bond donors (Lipinski definition) is 17. The summed E-state index contributed by atoms with van der Waals surface area (Å²) in [6.07, 6.45) is -27.1. The molecule has 0 spiro atoms. The predicted octanol–water partition coefficient (Wildman–Crippen LogP) is -2.44. The number of allylic oxidation sites excluding steroid dienone is 1. The van der Waals surface area contributed by atoms with Crippen molar-refractivity contribution in [2.24, 2.45) is 57.2 Å². The molecule has 0 aromatic heterocycles. The van der Waals surface area contributed by atoms with Gasteiger partial charge in [0, 0.05) is 23.9 Å². The lowest BCUT2D eigenvalue weighted by Crippen LogP contribution is -2.65. The highest BCUT2D eigenvalue weighted by atomic mass is 16.8. The summed E-state index contributed by atoms with van der Waals surface area (Å²) in [7, 11) is 0. The molecule has 9 rings (SSSR count). The minimum absolute atomic E-state index is 0.0614. The number of hydrogen-bond acceptors (Lipinski definition) is 26. The molecule has 0 aromatic carbocycles. The van der Waals surface area contributed by atoms with Gasteiger partial charge in [0.25, 0.3) is 0 Å². The largest absolute Gasteiger partial charge is 0.396 e. The van der Waals surface area contributed by atoms with E-state index in [-0.39, 0.29) is 46.8 Å². The topological polar surface area (TPSA) is 427 Å². The van der Waals surface area contributed by atoms with E-state index in [0.717, 1.165) is 38.5 Å². The third kappa shape index (κ3) is 12.9. The van der Waals surface area contributed by atoms with Gasteiger partial charge in [-0.05, 0) is 118 Å². The molecule has 26 nitrogen and oxygen atoms in total. The molecule has 4 aliphatic heterocycles. The van der Waals surface area contributed by atoms with Crippen LogP contribution >= 0.6 is 0 Å². The maximum Gasteiger partial charge on any atom is 0.187 e. The van der Waals surface area contributed by atoms with Gasteiger partial charge in [0.05, 0.1) is 62.5 Å². The summed E-state index contributed by atoms with van der Waals surface area (Å²) in [5.74, 6) is -0.683. The molecular weight excluding hydrogens is 1160 g/mol. The normalized spacial score (nSPS) is 51.4. The van der Waals surface area contributed by atoms with E-state index in [2.05, 4.69) is 47.6 Å². The number of rotatable bonds is 20. The Bertz CT molecular complexity index is 2300. The van der Waals surface area contributed by atoms with E-state index >= 15 is 0 Å². The second kappa shape index (κ2) is 27.4. The van der Waals surface area contributed by atoms with E-state index in [1.54, 1.807) is 20.8 Å². The van der Waals surface area contributed by atoms with Crippen molar-refractivity contribution in [2.45, 2.75) is 285 Å². The molecule has 9 aliphatic rings. The molecule has 3 unspecified atom stereocenters. The molecule has 34 atom stereocenters. The SMILES string of the molecule is C[C@@H]1[C@@H](O)[C@H](OC[C@H]2O[C@@H](O[C@H](CC[C@@H](C)C3CC[C@@]4(C)C5CC=C6C(CC[C@H](O[C@@H]7O[C@H](CO)[C@@H](O[C@@H]8C[C@H](CO)[C@@H](O)[C@H](O)[C@H]8O)[C@H](O)[C@H]7O)C6(C)C)[C@]5(C)CC[C@]34C)C(C)(C)O)[C@H](O[C@H]3O[C@@H](CO)[C@H](O)[C@@H](O)[C@@H]3O)[C@@H](O)[C@@H]2O)O[C@H](CO)[C@H]1O. The Morgan fingerprint density at radius 2 is 1.14 bits per heavy atom. The number of aliphatic hydroxyl groups excluding tert-OH is 16. The minimum atomic E-state index is -1.90. The standard InChI is InChI=1S/C62H106O26/c1-26(10-14-39(59(5,6)79)87-57-53(88-56-50(77)47(74)44(71)34(23-65)83-56)48(75)45(72)36(85-57)25-80-54-41(68)27(2)40(67)33(22-64)82-54)29-16-17-62(9)37-13-11-30-31(60(37,7)18-19-61(29,62)8)12-15-38(58(30,3)4)86-55-51(78)49(76)52(35(24-66)84-55)81-32-20-28(21-63)42(69)46(73)43(32)70/h11,26-29,31-57,63-79H,10,12-25H2,1-9H3/t26-,27+,28-,29?,31?,32-,33-,34+,35-,36-,37?,38+,39-,40+,41-,42-,43+,44+,45-,46+,47-,48+,49-,50+,51-,52-,53-,54-,55+,56-,57+,60+,61-,62+/m1/s1. The lowest BCUT2D eigenvalue weighted by molar-refractivity contribution is -0.380. The molecule has 17 N–H and O–H groups in total. The molecule has 0 amide bonds. The maximum absolute atomic E-state index is 11.9. The van der Waals surface area contributed by atoms with Crippen molar-refractivity contribution in [3.8, 4) is 0 Å². The first-order valence-corrected chi connectivity index (χ1v) is 32.1. The van der Waals surface area contributed by atoms with Crippen LogP contribution < -0.4 is 0 Å². The van der Waals surface area contributed by atoms with E-state index in [9.17, 15) is 86.8 Å². The minimum Gasteiger partial charge on any atom is -0.396 e. The van der Waals surface area contributed by atoms with Crippen molar-refractivity contribution in [1.29, 1.82) is 0 Å². The Kier molecular flexibility index (Phi) is 22.1. The summed E-state index contributed by atoms with van der Waals surface area (Å²) in [4.78, 5) is 0. The Morgan fingerprint density at radius 1 is 0.557 bits per heavy atom. The van der Waals surface area contributed by atoms with Gasteiger partial charge >= 0.3 is 0 Å². The summed E-state index contributed by atoms with van der Waals surface area (Å²) >= 11 is 0. The van der Waals surface area contributed by atoms with Crippen LogP contribution in [0, 0.1) is 57.2 Å². The van der Waals surface area contributed by atoms with Gasteiger partial charge < -0.3 is 129 Å². The summed E-state index contributed by atoms with van der Waals surface area (Å²) < 4.78 is 55.0. The van der Waals surface area contributed by atoms with Crippen LogP contribution in [-0.4, -0.2) is 279 Å². The van der Waals surface area contributed by atoms with Crippen LogP contribution in [0.4, 0.5) is 0 Å². The van der Waals surface area contributed by atoms with Crippen molar-refractivity contribution in [3.63, 3.8) is 0 Å². The highest BCUT2D eigenvalue weighted by Crippen LogP contribution is 2.75. The molecule has 0 radical (unpaired) electrons. The van der Waals surface area contributed by atoms with Gasteiger partial charge in [-0.1, -0.05) is 60.1 Å². The van der Waals surface area contributed by atoms with Gasteiger partial charge in [-0.25, -0.2) is 0 Å². The number of fused-ring (bicyclic) bond motifs is 5. The van der Waals surface area contributed by atoms with E-state index in [1.807, 2.05) is 0 Å². The van der Waals surface area contributed by atoms with Crippen LogP contribution in [0.15, 0.2) is 11.6 Å². The summed E-state index contributed by atoms with van der Waals surface area (Å²) in [5.41, 5.74) is -1.05. The fraction of sp³-hybridized carbons (Fsp3) is 0.968. The van der Waals surface area contributed by atoms with Crippen molar-refractivity contribution < 1.29 is 129 Å². The van der Waals surface area contributed by atoms with Crippen LogP contribution in [0.3, 0.4) is 0 Å². The monoisotopic (exact) mass is 1270 g/mol. The van der Waals surface area contributed by atoms with Gasteiger partial charge in [-0.2, -0.15) is 0 Å². The number of aliphatic hydroxyl groups is 17. The molecule has 0 bridgehead atoms. The average Bonchev–Trinajstić information content (AvgIpc) is 1.09. The molecule has 4 saturated heterocycles. The number of ether oxygens (including phenoxy) is 9. The van der Waals surface area contributed by atoms with Crippen LogP contribution in [0.25, 0.3) is 0 Å². The highest BCUT2D eigenvalue weighted by Gasteiger charge is 2.68. The first-order chi connectivity index (χ1) is 41.2. The Labute approximate surface area is 515 Å². The molecular formula is C62H106O26. The zero-order valence-corrected chi connectivity index (χ0v) is 52.4. The molecule has 5 aliphatic carbocycles. The Morgan fingerprint density at radius 3 is 1.78 bits per heavy atom. The zero-order chi connectivity index (χ0) is 64.7. The van der Waals surface area contributed by atoms with Gasteiger partial charge in [0.1, 0.15) is 97.7 Å². The van der Waals surface area contributed by atoms with Gasteiger partial charge in [0.2, 0.25) is 0 Å². The van der Waals surface area contributed by atoms with E-state index in [4.69, 9.17) is 42.6 Å². The molecule has 26 heteroatoms. The average molecular weight is 1270 g/mol. The highest BCUT2D eigenvalue weighted by molar-refractivity contribution is 5.30. The molecule has 88 heavy (non-hydrogen) atoms. The van der Waals surface area contributed by atoms with Gasteiger partial charge in [-0.3, -0.25) is 0 Å². The quantitative estimate of drug-likeness (QED) is 0.0563. The van der Waals surface area contributed by atoms with E-state index in [0.29, 0.717) is 18.8 Å². The summed E-state index contributed by atoms with van der Waals surface area (Å²) in [6, 6.07) is 0. The van der Waals surface area contributed by atoms with Crippen LogP contribution in [0.2, 0.25) is 0 Å². The predicted molar refractivity (Wildman–Crippen MR) is 305 cm³/mol. The molecule has 4 saturated carbocycles. The van der Waals surface area contributed by atoms with Crippen LogP contribution in [0.1, 0.15) is 127 Å². The summed E-state index contributed by atoms with van der Waals surface area (Å²) in [5, 5.41) is 184. The lowest BCUT2D eigenvalue weighted by atomic mass is 9.39.